The molecule has 0 aliphatic rings. The van der Waals surface area contributed by atoms with Gasteiger partial charge in [-0.05, 0) is 52.9 Å². The summed E-state index contributed by atoms with van der Waals surface area (Å²) < 4.78 is 13.1. The average molecular weight is 552 g/mol. The van der Waals surface area contributed by atoms with Crippen LogP contribution in [0.3, 0.4) is 0 Å². The minimum atomic E-state index is 0.847. The maximum absolute atomic E-state index is 6.75. The fraction of sp³-hybridized carbons (Fsp3) is 0. The lowest BCUT2D eigenvalue weighted by Gasteiger charge is -2.27. The SMILES string of the molecule is c1ccc(-c2ccc(N(c3ccc4c(c3)oc3ccccc34)c3cccc4ccccc34)c3oc4ccccc4c23)cc1. The third-order valence-electron chi connectivity index (χ3n) is 8.46. The van der Waals surface area contributed by atoms with Crippen LogP contribution < -0.4 is 4.90 Å². The first kappa shape index (κ1) is 23.9. The van der Waals surface area contributed by atoms with E-state index in [0.717, 1.165) is 77.5 Å². The second-order valence-electron chi connectivity index (χ2n) is 10.9. The normalized spacial score (nSPS) is 11.7. The molecule has 0 bridgehead atoms. The number of hydrogen-bond acceptors (Lipinski definition) is 3. The molecule has 43 heavy (non-hydrogen) atoms. The number of para-hydroxylation sites is 2. The van der Waals surface area contributed by atoms with Crippen LogP contribution in [-0.2, 0) is 0 Å². The van der Waals surface area contributed by atoms with E-state index in [4.69, 9.17) is 8.83 Å². The summed E-state index contributed by atoms with van der Waals surface area (Å²) >= 11 is 0. The molecule has 2 heterocycles. The van der Waals surface area contributed by atoms with E-state index in [2.05, 4.69) is 138 Å². The zero-order valence-electron chi connectivity index (χ0n) is 23.2. The van der Waals surface area contributed by atoms with Crippen molar-refractivity contribution in [2.75, 3.05) is 4.90 Å². The molecule has 2 aromatic heterocycles. The Hall–Kier alpha value is -5.80. The smallest absolute Gasteiger partial charge is 0.160 e. The van der Waals surface area contributed by atoms with Gasteiger partial charge in [-0.15, -0.1) is 0 Å². The van der Waals surface area contributed by atoms with Crippen LogP contribution in [0.1, 0.15) is 0 Å². The quantitative estimate of drug-likeness (QED) is 0.218. The highest BCUT2D eigenvalue weighted by atomic mass is 16.3. The summed E-state index contributed by atoms with van der Waals surface area (Å²) in [6, 6.07) is 53.0. The van der Waals surface area contributed by atoms with Crippen molar-refractivity contribution in [1.82, 2.24) is 0 Å². The maximum atomic E-state index is 6.75. The van der Waals surface area contributed by atoms with E-state index < -0.39 is 0 Å². The molecule has 0 saturated carbocycles. The van der Waals surface area contributed by atoms with E-state index >= 15 is 0 Å². The van der Waals surface area contributed by atoms with Crippen molar-refractivity contribution in [3.8, 4) is 11.1 Å². The first-order valence-electron chi connectivity index (χ1n) is 14.5. The Morgan fingerprint density at radius 1 is 0.419 bits per heavy atom. The fourth-order valence-electron chi connectivity index (χ4n) is 6.51. The highest BCUT2D eigenvalue weighted by molar-refractivity contribution is 6.17. The molecule has 0 aliphatic carbocycles. The summed E-state index contributed by atoms with van der Waals surface area (Å²) in [5, 5.41) is 6.76. The zero-order chi connectivity index (χ0) is 28.3. The Labute approximate surface area is 247 Å². The molecule has 202 valence electrons. The summed E-state index contributed by atoms with van der Waals surface area (Å²) in [4.78, 5) is 2.31. The Bertz CT molecular complexity index is 2460. The Morgan fingerprint density at radius 3 is 1.95 bits per heavy atom. The molecule has 0 fully saturated rings. The van der Waals surface area contributed by atoms with Crippen molar-refractivity contribution in [2.45, 2.75) is 0 Å². The predicted molar refractivity (Wildman–Crippen MR) is 179 cm³/mol. The fourth-order valence-corrected chi connectivity index (χ4v) is 6.51. The molecule has 7 aromatic carbocycles. The van der Waals surface area contributed by atoms with Crippen molar-refractivity contribution in [3.63, 3.8) is 0 Å². The van der Waals surface area contributed by atoms with Crippen molar-refractivity contribution >= 4 is 71.7 Å². The van der Waals surface area contributed by atoms with Crippen LogP contribution in [0, 0.1) is 0 Å². The van der Waals surface area contributed by atoms with Gasteiger partial charge in [0.05, 0.1) is 17.1 Å². The number of rotatable bonds is 4. The molecule has 9 aromatic rings. The van der Waals surface area contributed by atoms with Crippen LogP contribution in [0.15, 0.2) is 160 Å². The third-order valence-corrected chi connectivity index (χ3v) is 8.46. The van der Waals surface area contributed by atoms with Gasteiger partial charge in [-0.2, -0.15) is 0 Å². The van der Waals surface area contributed by atoms with Crippen molar-refractivity contribution < 1.29 is 8.83 Å². The molecule has 0 saturated heterocycles. The van der Waals surface area contributed by atoms with Crippen molar-refractivity contribution in [3.05, 3.63) is 152 Å². The Morgan fingerprint density at radius 2 is 1.09 bits per heavy atom. The van der Waals surface area contributed by atoms with Crippen LogP contribution in [0.25, 0.3) is 65.8 Å². The van der Waals surface area contributed by atoms with Crippen LogP contribution >= 0.6 is 0 Å². The van der Waals surface area contributed by atoms with Gasteiger partial charge in [0.25, 0.3) is 0 Å². The summed E-state index contributed by atoms with van der Waals surface area (Å²) in [7, 11) is 0. The molecule has 3 heteroatoms. The Balaban J connectivity index is 1.38. The van der Waals surface area contributed by atoms with Gasteiger partial charge in [0.15, 0.2) is 5.58 Å². The van der Waals surface area contributed by atoms with Crippen molar-refractivity contribution in [1.29, 1.82) is 0 Å². The second-order valence-corrected chi connectivity index (χ2v) is 10.9. The van der Waals surface area contributed by atoms with Gasteiger partial charge in [-0.25, -0.2) is 0 Å². The van der Waals surface area contributed by atoms with E-state index in [1.54, 1.807) is 0 Å². The van der Waals surface area contributed by atoms with E-state index in [0.29, 0.717) is 0 Å². The number of hydrogen-bond donors (Lipinski definition) is 0. The van der Waals surface area contributed by atoms with Gasteiger partial charge in [-0.3, -0.25) is 0 Å². The lowest BCUT2D eigenvalue weighted by Crippen LogP contribution is -2.11. The molecule has 3 nitrogen and oxygen atoms in total. The zero-order valence-corrected chi connectivity index (χ0v) is 23.2. The number of anilines is 3. The van der Waals surface area contributed by atoms with Gasteiger partial charge in [0.2, 0.25) is 0 Å². The molecular formula is C40H25NO2. The molecule has 0 spiro atoms. The summed E-state index contributed by atoms with van der Waals surface area (Å²) in [6.45, 7) is 0. The second kappa shape index (κ2) is 9.37. The highest BCUT2D eigenvalue weighted by Crippen LogP contribution is 2.47. The van der Waals surface area contributed by atoms with Crippen LogP contribution in [0.5, 0.6) is 0 Å². The molecule has 0 aliphatic heterocycles. The largest absolute Gasteiger partial charge is 0.456 e. The Kier molecular flexibility index (Phi) is 5.20. The van der Waals surface area contributed by atoms with E-state index in [9.17, 15) is 0 Å². The van der Waals surface area contributed by atoms with Gasteiger partial charge in [0, 0.05) is 33.0 Å². The van der Waals surface area contributed by atoms with Crippen LogP contribution in [0.4, 0.5) is 17.1 Å². The number of furan rings is 2. The number of benzene rings is 7. The van der Waals surface area contributed by atoms with E-state index in [1.165, 1.54) is 5.39 Å². The topological polar surface area (TPSA) is 29.5 Å². The minimum absolute atomic E-state index is 0.847. The van der Waals surface area contributed by atoms with E-state index in [-0.39, 0.29) is 0 Å². The molecule has 0 amide bonds. The van der Waals surface area contributed by atoms with E-state index in [1.807, 2.05) is 18.2 Å². The van der Waals surface area contributed by atoms with Gasteiger partial charge in [0.1, 0.15) is 16.7 Å². The molecule has 0 atom stereocenters. The highest BCUT2D eigenvalue weighted by Gasteiger charge is 2.24. The summed E-state index contributed by atoms with van der Waals surface area (Å²) in [6.07, 6.45) is 0. The maximum Gasteiger partial charge on any atom is 0.160 e. The van der Waals surface area contributed by atoms with Gasteiger partial charge in [-0.1, -0.05) is 109 Å². The number of nitrogens with zero attached hydrogens (tertiary/aromatic N) is 1. The van der Waals surface area contributed by atoms with Gasteiger partial charge >= 0.3 is 0 Å². The lowest BCUT2D eigenvalue weighted by molar-refractivity contribution is 0.667. The van der Waals surface area contributed by atoms with Gasteiger partial charge < -0.3 is 13.7 Å². The molecule has 9 rings (SSSR count). The monoisotopic (exact) mass is 551 g/mol. The molecular weight excluding hydrogens is 526 g/mol. The van der Waals surface area contributed by atoms with Crippen LogP contribution in [0.2, 0.25) is 0 Å². The van der Waals surface area contributed by atoms with Crippen molar-refractivity contribution in [2.24, 2.45) is 0 Å². The first-order valence-corrected chi connectivity index (χ1v) is 14.5. The predicted octanol–water partition coefficient (Wildman–Crippen LogP) is 11.8. The molecule has 0 radical (unpaired) electrons. The summed E-state index contributed by atoms with van der Waals surface area (Å²) in [5.74, 6) is 0. The van der Waals surface area contributed by atoms with Crippen LogP contribution in [-0.4, -0.2) is 0 Å². The molecule has 0 N–H and O–H groups in total. The summed E-state index contributed by atoms with van der Waals surface area (Å²) in [5.41, 5.74) is 8.80. The third kappa shape index (κ3) is 3.68. The lowest BCUT2D eigenvalue weighted by atomic mass is 9.98. The molecule has 0 unspecified atom stereocenters. The average Bonchev–Trinajstić information content (AvgIpc) is 3.64. The standard InChI is InChI=1S/C40H25NO2/c1-2-11-27(12-3-1)30-23-24-35(40-39(30)33-17-7-9-20-37(33)43-40)41(34-18-10-14-26-13-4-5-15-29(26)34)28-21-22-32-31-16-6-8-19-36(31)42-38(32)25-28/h1-25H. The number of fused-ring (bicyclic) bond motifs is 7. The minimum Gasteiger partial charge on any atom is -0.456 e. The first-order chi connectivity index (χ1) is 21.3.